The third kappa shape index (κ3) is 1.83. The number of thioether (sulfide) groups is 1. The molecule has 1 heterocycles. The normalized spacial score (nSPS) is 19.7. The van der Waals surface area contributed by atoms with Gasteiger partial charge in [0.15, 0.2) is 0 Å². The van der Waals surface area contributed by atoms with E-state index in [1.54, 1.807) is 17.8 Å². The Morgan fingerprint density at radius 2 is 2.40 bits per heavy atom. The second-order valence-corrected chi connectivity index (χ2v) is 4.55. The summed E-state index contributed by atoms with van der Waals surface area (Å²) in [5, 5.41) is 11.7. The van der Waals surface area contributed by atoms with Crippen LogP contribution in [0.1, 0.15) is 12.5 Å². The van der Waals surface area contributed by atoms with Crippen molar-refractivity contribution >= 4 is 23.4 Å². The molecule has 76 valence electrons. The standard InChI is InChI=1S/C11H10N2OS/c1-7-6-15-9-4-2-3-8(5-12)10(9)13-11(7)14/h2-4,7H,6H2,1H3,(H,13,14). The molecule has 1 aromatic rings. The second-order valence-electron chi connectivity index (χ2n) is 3.49. The van der Waals surface area contributed by atoms with Crippen molar-refractivity contribution in [3.63, 3.8) is 0 Å². The third-order valence-electron chi connectivity index (χ3n) is 2.33. The molecule has 0 spiro atoms. The van der Waals surface area contributed by atoms with Crippen LogP contribution in [0.3, 0.4) is 0 Å². The SMILES string of the molecule is CC1CSc2cccc(C#N)c2NC1=O. The second kappa shape index (κ2) is 3.95. The van der Waals surface area contributed by atoms with Crippen molar-refractivity contribution in [2.45, 2.75) is 11.8 Å². The molecule has 4 heteroatoms. The van der Waals surface area contributed by atoms with Gasteiger partial charge in [-0.05, 0) is 12.1 Å². The maximum Gasteiger partial charge on any atom is 0.228 e. The molecule has 1 aromatic carbocycles. The molecule has 1 aliphatic heterocycles. The van der Waals surface area contributed by atoms with Gasteiger partial charge in [0.05, 0.1) is 11.3 Å². The molecule has 3 nitrogen and oxygen atoms in total. The van der Waals surface area contributed by atoms with Crippen LogP contribution in [0.15, 0.2) is 23.1 Å². The number of carbonyl (C=O) groups is 1. The third-order valence-corrected chi connectivity index (χ3v) is 3.65. The van der Waals surface area contributed by atoms with Crippen molar-refractivity contribution in [2.75, 3.05) is 11.1 Å². The summed E-state index contributed by atoms with van der Waals surface area (Å²) >= 11 is 1.62. The first-order chi connectivity index (χ1) is 7.22. The van der Waals surface area contributed by atoms with Crippen LogP contribution >= 0.6 is 11.8 Å². The Balaban J connectivity index is 2.49. The van der Waals surface area contributed by atoms with Gasteiger partial charge in [0.1, 0.15) is 6.07 Å². The van der Waals surface area contributed by atoms with Gasteiger partial charge in [0.25, 0.3) is 0 Å². The number of nitrogens with one attached hydrogen (secondary N) is 1. The van der Waals surface area contributed by atoms with E-state index in [0.29, 0.717) is 11.3 Å². The molecular weight excluding hydrogens is 208 g/mol. The van der Waals surface area contributed by atoms with Crippen molar-refractivity contribution in [1.82, 2.24) is 0 Å². The Morgan fingerprint density at radius 1 is 1.60 bits per heavy atom. The molecule has 0 aromatic heterocycles. The smallest absolute Gasteiger partial charge is 0.228 e. The molecule has 15 heavy (non-hydrogen) atoms. The summed E-state index contributed by atoms with van der Waals surface area (Å²) in [5.41, 5.74) is 1.20. The first kappa shape index (κ1) is 10.1. The van der Waals surface area contributed by atoms with Gasteiger partial charge in [-0.2, -0.15) is 5.26 Å². The summed E-state index contributed by atoms with van der Waals surface area (Å²) in [7, 11) is 0. The number of para-hydroxylation sites is 1. The summed E-state index contributed by atoms with van der Waals surface area (Å²) in [6.45, 7) is 1.89. The van der Waals surface area contributed by atoms with Crippen LogP contribution in [0.4, 0.5) is 5.69 Å². The zero-order valence-electron chi connectivity index (χ0n) is 8.28. The van der Waals surface area contributed by atoms with Crippen molar-refractivity contribution < 1.29 is 4.79 Å². The van der Waals surface area contributed by atoms with E-state index in [9.17, 15) is 4.79 Å². The summed E-state index contributed by atoms with van der Waals surface area (Å²) in [6.07, 6.45) is 0. The first-order valence-corrected chi connectivity index (χ1v) is 5.67. The lowest BCUT2D eigenvalue weighted by Crippen LogP contribution is -2.20. The predicted molar refractivity (Wildman–Crippen MR) is 59.7 cm³/mol. The zero-order chi connectivity index (χ0) is 10.8. The molecule has 1 unspecified atom stereocenters. The lowest BCUT2D eigenvalue weighted by atomic mass is 10.1. The Bertz CT molecular complexity index is 450. The first-order valence-electron chi connectivity index (χ1n) is 4.69. The number of fused-ring (bicyclic) bond motifs is 1. The Kier molecular flexibility index (Phi) is 2.65. The summed E-state index contributed by atoms with van der Waals surface area (Å²) in [5.74, 6) is 0.728. The van der Waals surface area contributed by atoms with Gasteiger partial charge in [-0.1, -0.05) is 13.0 Å². The van der Waals surface area contributed by atoms with Crippen molar-refractivity contribution in [3.05, 3.63) is 23.8 Å². The minimum Gasteiger partial charge on any atom is -0.324 e. The molecular formula is C11H10N2OS. The zero-order valence-corrected chi connectivity index (χ0v) is 9.10. The Morgan fingerprint density at radius 3 is 3.13 bits per heavy atom. The van der Waals surface area contributed by atoms with Crippen LogP contribution in [0, 0.1) is 17.2 Å². The van der Waals surface area contributed by atoms with E-state index in [-0.39, 0.29) is 11.8 Å². The lowest BCUT2D eigenvalue weighted by Gasteiger charge is -2.07. The van der Waals surface area contributed by atoms with Crippen LogP contribution in [0.2, 0.25) is 0 Å². The molecule has 1 amide bonds. The van der Waals surface area contributed by atoms with Crippen molar-refractivity contribution in [3.8, 4) is 6.07 Å². The Hall–Kier alpha value is -1.47. The maximum absolute atomic E-state index is 11.6. The number of anilines is 1. The average molecular weight is 218 g/mol. The van der Waals surface area contributed by atoms with Crippen LogP contribution < -0.4 is 5.32 Å². The molecule has 0 saturated carbocycles. The molecule has 2 rings (SSSR count). The topological polar surface area (TPSA) is 52.9 Å². The number of nitriles is 1. The molecule has 1 N–H and O–H groups in total. The number of hydrogen-bond acceptors (Lipinski definition) is 3. The van der Waals surface area contributed by atoms with E-state index < -0.39 is 0 Å². The Labute approximate surface area is 92.5 Å². The number of rotatable bonds is 0. The summed E-state index contributed by atoms with van der Waals surface area (Å²) < 4.78 is 0. The van der Waals surface area contributed by atoms with Crippen molar-refractivity contribution in [1.29, 1.82) is 5.26 Å². The molecule has 1 atom stereocenters. The highest BCUT2D eigenvalue weighted by atomic mass is 32.2. The van der Waals surface area contributed by atoms with Gasteiger partial charge in [0.2, 0.25) is 5.91 Å². The van der Waals surface area contributed by atoms with Crippen LogP contribution in [-0.4, -0.2) is 11.7 Å². The average Bonchev–Trinajstić information content (AvgIpc) is 2.39. The highest BCUT2D eigenvalue weighted by molar-refractivity contribution is 7.99. The van der Waals surface area contributed by atoms with Gasteiger partial charge in [-0.15, -0.1) is 11.8 Å². The predicted octanol–water partition coefficient (Wildman–Crippen LogP) is 2.24. The van der Waals surface area contributed by atoms with E-state index in [4.69, 9.17) is 5.26 Å². The van der Waals surface area contributed by atoms with Gasteiger partial charge in [-0.3, -0.25) is 4.79 Å². The number of carbonyl (C=O) groups excluding carboxylic acids is 1. The highest BCUT2D eigenvalue weighted by Crippen LogP contribution is 2.34. The summed E-state index contributed by atoms with van der Waals surface area (Å²) in [6, 6.07) is 7.58. The number of amides is 1. The highest BCUT2D eigenvalue weighted by Gasteiger charge is 2.21. The van der Waals surface area contributed by atoms with Crippen LogP contribution in [0.5, 0.6) is 0 Å². The molecule has 0 fully saturated rings. The number of hydrogen-bond donors (Lipinski definition) is 1. The van der Waals surface area contributed by atoms with Crippen molar-refractivity contribution in [2.24, 2.45) is 5.92 Å². The fourth-order valence-electron chi connectivity index (χ4n) is 1.41. The fourth-order valence-corrected chi connectivity index (χ4v) is 2.47. The molecule has 1 aliphatic rings. The number of benzene rings is 1. The quantitative estimate of drug-likeness (QED) is 0.726. The fraction of sp³-hybridized carbons (Fsp3) is 0.273. The van der Waals surface area contributed by atoms with Crippen LogP contribution in [-0.2, 0) is 4.79 Å². The van der Waals surface area contributed by atoms with Gasteiger partial charge in [0, 0.05) is 16.6 Å². The monoisotopic (exact) mass is 218 g/mol. The maximum atomic E-state index is 11.6. The number of nitrogens with zero attached hydrogens (tertiary/aromatic N) is 1. The molecule has 0 aliphatic carbocycles. The molecule has 0 radical (unpaired) electrons. The van der Waals surface area contributed by atoms with Gasteiger partial charge >= 0.3 is 0 Å². The van der Waals surface area contributed by atoms with Crippen LogP contribution in [0.25, 0.3) is 0 Å². The lowest BCUT2D eigenvalue weighted by molar-refractivity contribution is -0.118. The summed E-state index contributed by atoms with van der Waals surface area (Å²) in [4.78, 5) is 12.6. The minimum absolute atomic E-state index is 0.0102. The largest absolute Gasteiger partial charge is 0.324 e. The van der Waals surface area contributed by atoms with Gasteiger partial charge in [-0.25, -0.2) is 0 Å². The molecule has 0 saturated heterocycles. The molecule has 0 bridgehead atoms. The minimum atomic E-state index is -0.0195. The van der Waals surface area contributed by atoms with E-state index in [2.05, 4.69) is 11.4 Å². The van der Waals surface area contributed by atoms with E-state index in [0.717, 1.165) is 10.6 Å². The van der Waals surface area contributed by atoms with Gasteiger partial charge < -0.3 is 5.32 Å². The van der Waals surface area contributed by atoms with E-state index >= 15 is 0 Å². The van der Waals surface area contributed by atoms with E-state index in [1.807, 2.05) is 19.1 Å². The van der Waals surface area contributed by atoms with E-state index in [1.165, 1.54) is 0 Å².